The molecule has 0 radical (unpaired) electrons. The van der Waals surface area contributed by atoms with E-state index in [9.17, 15) is 14.9 Å². The minimum atomic E-state index is -0.687. The van der Waals surface area contributed by atoms with Crippen LogP contribution in [0, 0.1) is 25.2 Å². The van der Waals surface area contributed by atoms with Gasteiger partial charge in [0, 0.05) is 10.6 Å². The van der Waals surface area contributed by atoms with E-state index in [2.05, 4.69) is 15.6 Å². The third-order valence-electron chi connectivity index (χ3n) is 4.85. The van der Waals surface area contributed by atoms with Gasteiger partial charge in [0.05, 0.1) is 26.1 Å². The maximum Gasteiger partial charge on any atom is 0.292 e. The van der Waals surface area contributed by atoms with Crippen LogP contribution < -0.4 is 20.5 Å². The van der Waals surface area contributed by atoms with Gasteiger partial charge in [0.2, 0.25) is 0 Å². The van der Waals surface area contributed by atoms with Crippen molar-refractivity contribution in [2.45, 2.75) is 13.8 Å². The quantitative estimate of drug-likeness (QED) is 0.441. The average molecular weight is 466 g/mol. The normalized spacial score (nSPS) is 10.7. The number of methoxy groups -OCH3 is 2. The van der Waals surface area contributed by atoms with E-state index in [-0.39, 0.29) is 16.8 Å². The molecule has 0 fully saturated rings. The second-order valence-electron chi connectivity index (χ2n) is 6.92. The van der Waals surface area contributed by atoms with E-state index < -0.39 is 11.5 Å². The third-order valence-corrected chi connectivity index (χ3v) is 5.26. The lowest BCUT2D eigenvalue weighted by atomic mass is 10.1. The van der Waals surface area contributed by atoms with Crippen molar-refractivity contribution in [1.29, 1.82) is 5.26 Å². The SMILES string of the molecule is COc1ccc(/C=N/NC(=O)c2nn(-c3ccc(C)c(Cl)c3)c(=O)c(C#N)c2C)cc1OC. The standard InChI is InChI=1S/C23H20ClN5O4/c1-13-5-7-16(10-18(13)24)29-23(31)17(11-25)14(2)21(28-29)22(30)27-26-12-15-6-8-19(32-3)20(9-15)33-4/h5-10,12H,1-4H3,(H,27,30)/b26-12+. The van der Waals surface area contributed by atoms with E-state index in [1.54, 1.807) is 36.4 Å². The van der Waals surface area contributed by atoms with Crippen molar-refractivity contribution in [2.24, 2.45) is 5.10 Å². The zero-order valence-electron chi connectivity index (χ0n) is 18.3. The number of halogens is 1. The molecule has 0 bridgehead atoms. The number of rotatable bonds is 6. The predicted octanol–water partition coefficient (Wildman–Crippen LogP) is 3.16. The summed E-state index contributed by atoms with van der Waals surface area (Å²) in [5.74, 6) is 0.376. The number of aromatic nitrogens is 2. The van der Waals surface area contributed by atoms with Crippen LogP contribution in [-0.2, 0) is 0 Å². The van der Waals surface area contributed by atoms with Gasteiger partial charge in [-0.15, -0.1) is 0 Å². The van der Waals surface area contributed by atoms with E-state index in [1.165, 1.54) is 27.4 Å². The van der Waals surface area contributed by atoms with Crippen LogP contribution in [0.2, 0.25) is 5.02 Å². The molecule has 3 rings (SSSR count). The minimum Gasteiger partial charge on any atom is -0.493 e. The minimum absolute atomic E-state index is 0.118. The van der Waals surface area contributed by atoms with Crippen molar-refractivity contribution in [1.82, 2.24) is 15.2 Å². The number of carbonyl (C=O) groups is 1. The van der Waals surface area contributed by atoms with Gasteiger partial charge in [-0.05, 0) is 55.3 Å². The molecule has 0 saturated carbocycles. The van der Waals surface area contributed by atoms with Crippen molar-refractivity contribution >= 4 is 23.7 Å². The zero-order chi connectivity index (χ0) is 24.1. The molecule has 168 valence electrons. The first-order chi connectivity index (χ1) is 15.8. The summed E-state index contributed by atoms with van der Waals surface area (Å²) in [6, 6.07) is 11.9. The molecule has 0 unspecified atom stereocenters. The smallest absolute Gasteiger partial charge is 0.292 e. The number of nitrogens with one attached hydrogen (secondary N) is 1. The van der Waals surface area contributed by atoms with Crippen molar-refractivity contribution in [3.8, 4) is 23.3 Å². The van der Waals surface area contributed by atoms with Crippen LogP contribution >= 0.6 is 11.6 Å². The van der Waals surface area contributed by atoms with Crippen molar-refractivity contribution in [3.63, 3.8) is 0 Å². The average Bonchev–Trinajstić information content (AvgIpc) is 2.81. The van der Waals surface area contributed by atoms with Crippen LogP contribution in [0.1, 0.15) is 32.7 Å². The summed E-state index contributed by atoms with van der Waals surface area (Å²) in [4.78, 5) is 25.5. The van der Waals surface area contributed by atoms with Crippen molar-refractivity contribution in [2.75, 3.05) is 14.2 Å². The van der Waals surface area contributed by atoms with Crippen LogP contribution in [0.25, 0.3) is 5.69 Å². The highest BCUT2D eigenvalue weighted by Gasteiger charge is 2.20. The third kappa shape index (κ3) is 4.86. The van der Waals surface area contributed by atoms with E-state index in [0.29, 0.717) is 27.8 Å². The van der Waals surface area contributed by atoms with Crippen molar-refractivity contribution in [3.05, 3.63) is 79.7 Å². The fourth-order valence-electron chi connectivity index (χ4n) is 2.99. The number of carbonyl (C=O) groups excluding carboxylic acids is 1. The Morgan fingerprint density at radius 1 is 1.18 bits per heavy atom. The number of nitrogens with zero attached hydrogens (tertiary/aromatic N) is 4. The van der Waals surface area contributed by atoms with Gasteiger partial charge in [0.15, 0.2) is 17.2 Å². The summed E-state index contributed by atoms with van der Waals surface area (Å²) >= 11 is 6.17. The Kier molecular flexibility index (Phi) is 7.10. The highest BCUT2D eigenvalue weighted by molar-refractivity contribution is 6.31. The van der Waals surface area contributed by atoms with Gasteiger partial charge < -0.3 is 9.47 Å². The van der Waals surface area contributed by atoms with Gasteiger partial charge in [-0.3, -0.25) is 9.59 Å². The zero-order valence-corrected chi connectivity index (χ0v) is 19.1. The van der Waals surface area contributed by atoms with E-state index >= 15 is 0 Å². The molecular weight excluding hydrogens is 446 g/mol. The van der Waals surface area contributed by atoms with Gasteiger partial charge in [0.25, 0.3) is 11.5 Å². The van der Waals surface area contributed by atoms with Crippen LogP contribution in [0.5, 0.6) is 11.5 Å². The first-order valence-corrected chi connectivity index (χ1v) is 10.0. The lowest BCUT2D eigenvalue weighted by Gasteiger charge is -2.11. The molecule has 0 saturated heterocycles. The Labute approximate surface area is 194 Å². The van der Waals surface area contributed by atoms with Crippen molar-refractivity contribution < 1.29 is 14.3 Å². The molecule has 1 amide bonds. The Morgan fingerprint density at radius 2 is 1.91 bits per heavy atom. The molecule has 0 aliphatic heterocycles. The first kappa shape index (κ1) is 23.5. The Bertz CT molecular complexity index is 1360. The number of hydrogen-bond donors (Lipinski definition) is 1. The number of nitriles is 1. The molecule has 1 N–H and O–H groups in total. The molecule has 1 heterocycles. The number of hydrogen-bond acceptors (Lipinski definition) is 7. The largest absolute Gasteiger partial charge is 0.493 e. The topological polar surface area (TPSA) is 119 Å². The molecule has 2 aromatic carbocycles. The maximum absolute atomic E-state index is 12.8. The molecule has 33 heavy (non-hydrogen) atoms. The number of aryl methyl sites for hydroxylation is 1. The van der Waals surface area contributed by atoms with Crippen LogP contribution in [0.15, 0.2) is 46.3 Å². The van der Waals surface area contributed by atoms with Gasteiger partial charge in [0.1, 0.15) is 11.6 Å². The highest BCUT2D eigenvalue weighted by atomic mass is 35.5. The first-order valence-electron chi connectivity index (χ1n) is 9.66. The summed E-state index contributed by atoms with van der Waals surface area (Å²) in [5.41, 5.74) is 3.33. The second-order valence-corrected chi connectivity index (χ2v) is 7.33. The summed E-state index contributed by atoms with van der Waals surface area (Å²) < 4.78 is 11.4. The van der Waals surface area contributed by atoms with Crippen LogP contribution in [-0.4, -0.2) is 36.1 Å². The molecule has 0 aliphatic carbocycles. The van der Waals surface area contributed by atoms with E-state index in [1.807, 2.05) is 13.0 Å². The summed E-state index contributed by atoms with van der Waals surface area (Å²) in [6.07, 6.45) is 1.41. The fraction of sp³-hybridized carbons (Fsp3) is 0.174. The molecule has 10 heteroatoms. The molecule has 9 nitrogen and oxygen atoms in total. The molecule has 0 aliphatic rings. The summed E-state index contributed by atoms with van der Waals surface area (Å²) in [7, 11) is 3.04. The maximum atomic E-state index is 12.8. The Morgan fingerprint density at radius 3 is 2.55 bits per heavy atom. The van der Waals surface area contributed by atoms with Gasteiger partial charge >= 0.3 is 0 Å². The number of hydrazone groups is 1. The van der Waals surface area contributed by atoms with Crippen LogP contribution in [0.4, 0.5) is 0 Å². The number of amides is 1. The summed E-state index contributed by atoms with van der Waals surface area (Å²) in [6.45, 7) is 3.29. The van der Waals surface area contributed by atoms with Gasteiger partial charge in [-0.2, -0.15) is 20.1 Å². The highest BCUT2D eigenvalue weighted by Crippen LogP contribution is 2.26. The molecule has 0 spiro atoms. The fourth-order valence-corrected chi connectivity index (χ4v) is 3.17. The summed E-state index contributed by atoms with van der Waals surface area (Å²) in [5, 5.41) is 18.0. The predicted molar refractivity (Wildman–Crippen MR) is 124 cm³/mol. The van der Waals surface area contributed by atoms with Gasteiger partial charge in [-0.1, -0.05) is 17.7 Å². The molecule has 1 aromatic heterocycles. The molecule has 3 aromatic rings. The van der Waals surface area contributed by atoms with E-state index in [4.69, 9.17) is 21.1 Å². The van der Waals surface area contributed by atoms with Gasteiger partial charge in [-0.25, -0.2) is 5.43 Å². The number of benzene rings is 2. The molecule has 0 atom stereocenters. The Balaban J connectivity index is 1.94. The van der Waals surface area contributed by atoms with E-state index in [0.717, 1.165) is 10.2 Å². The second kappa shape index (κ2) is 9.97. The lowest BCUT2D eigenvalue weighted by Crippen LogP contribution is -2.31. The lowest BCUT2D eigenvalue weighted by molar-refractivity contribution is 0.0947. The Hall–Kier alpha value is -4.16. The molecular formula is C23H20ClN5O4. The van der Waals surface area contributed by atoms with Crippen LogP contribution in [0.3, 0.4) is 0 Å². The number of ether oxygens (including phenoxy) is 2. The monoisotopic (exact) mass is 465 g/mol.